The standard InChI is InChI=1S/C20H23ClN2O6S/c1-27-17-11-14(12-18(28-2)19(17)29-3)22-20(24)13-6-7-15(21)16(10-13)23-8-4-5-9-30(23,25)26/h6-7,10-12H,4-5,8-9H2,1-3H3,(H,22,24). The highest BCUT2D eigenvalue weighted by atomic mass is 35.5. The SMILES string of the molecule is COc1cc(NC(=O)c2ccc(Cl)c(N3CCCCS3(=O)=O)c2)cc(OC)c1OC. The van der Waals surface area contributed by atoms with Gasteiger partial charge in [-0.3, -0.25) is 9.10 Å². The lowest BCUT2D eigenvalue weighted by Gasteiger charge is -2.29. The van der Waals surface area contributed by atoms with Gasteiger partial charge in [-0.1, -0.05) is 11.6 Å². The maximum Gasteiger partial charge on any atom is 0.255 e. The van der Waals surface area contributed by atoms with Gasteiger partial charge in [0.25, 0.3) is 5.91 Å². The van der Waals surface area contributed by atoms with Gasteiger partial charge in [0.2, 0.25) is 15.8 Å². The summed E-state index contributed by atoms with van der Waals surface area (Å²) in [5.41, 5.74) is 0.995. The first kappa shape index (κ1) is 22.0. The Kier molecular flexibility index (Phi) is 6.62. The van der Waals surface area contributed by atoms with Crippen molar-refractivity contribution in [2.45, 2.75) is 12.8 Å². The van der Waals surface area contributed by atoms with Gasteiger partial charge >= 0.3 is 0 Å². The van der Waals surface area contributed by atoms with Crippen LogP contribution < -0.4 is 23.8 Å². The number of anilines is 2. The highest BCUT2D eigenvalue weighted by Gasteiger charge is 2.28. The van der Waals surface area contributed by atoms with E-state index in [1.54, 1.807) is 12.1 Å². The number of benzene rings is 2. The first-order chi connectivity index (χ1) is 14.3. The van der Waals surface area contributed by atoms with Crippen molar-refractivity contribution in [2.75, 3.05) is 43.2 Å². The molecule has 0 saturated carbocycles. The van der Waals surface area contributed by atoms with Crippen molar-refractivity contribution in [1.82, 2.24) is 0 Å². The van der Waals surface area contributed by atoms with Crippen LogP contribution in [0.5, 0.6) is 17.2 Å². The van der Waals surface area contributed by atoms with Crippen molar-refractivity contribution in [3.05, 3.63) is 40.9 Å². The summed E-state index contributed by atoms with van der Waals surface area (Å²) in [6.45, 7) is 0.333. The quantitative estimate of drug-likeness (QED) is 0.717. The average Bonchev–Trinajstić information content (AvgIpc) is 2.73. The summed E-state index contributed by atoms with van der Waals surface area (Å²) in [5.74, 6) is 0.816. The molecule has 1 fully saturated rings. The second kappa shape index (κ2) is 9.01. The molecule has 10 heteroatoms. The molecule has 1 aliphatic rings. The number of nitrogens with one attached hydrogen (secondary N) is 1. The fourth-order valence-corrected chi connectivity index (χ4v) is 5.18. The Morgan fingerprint density at radius 1 is 1.03 bits per heavy atom. The maximum absolute atomic E-state index is 12.8. The van der Waals surface area contributed by atoms with Crippen LogP contribution in [0, 0.1) is 0 Å². The van der Waals surface area contributed by atoms with E-state index in [4.69, 9.17) is 25.8 Å². The molecule has 2 aromatic rings. The Labute approximate surface area is 180 Å². The van der Waals surface area contributed by atoms with E-state index in [1.807, 2.05) is 0 Å². The molecular weight excluding hydrogens is 432 g/mol. The van der Waals surface area contributed by atoms with Gasteiger partial charge < -0.3 is 19.5 Å². The minimum absolute atomic E-state index is 0.0607. The summed E-state index contributed by atoms with van der Waals surface area (Å²) >= 11 is 6.25. The zero-order chi connectivity index (χ0) is 21.9. The Morgan fingerprint density at radius 2 is 1.70 bits per heavy atom. The van der Waals surface area contributed by atoms with E-state index in [9.17, 15) is 13.2 Å². The third-order valence-corrected chi connectivity index (χ3v) is 6.92. The largest absolute Gasteiger partial charge is 0.493 e. The molecule has 30 heavy (non-hydrogen) atoms. The third kappa shape index (κ3) is 4.41. The highest BCUT2D eigenvalue weighted by Crippen LogP contribution is 2.40. The molecule has 0 atom stereocenters. The van der Waals surface area contributed by atoms with E-state index < -0.39 is 15.9 Å². The number of carbonyl (C=O) groups excluding carboxylic acids is 1. The number of nitrogens with zero attached hydrogens (tertiary/aromatic N) is 1. The van der Waals surface area contributed by atoms with Crippen molar-refractivity contribution in [1.29, 1.82) is 0 Å². The molecule has 1 N–H and O–H groups in total. The lowest BCUT2D eigenvalue weighted by molar-refractivity contribution is 0.102. The van der Waals surface area contributed by atoms with E-state index in [2.05, 4.69) is 5.32 Å². The number of hydrogen-bond donors (Lipinski definition) is 1. The van der Waals surface area contributed by atoms with Crippen LogP contribution in [0.2, 0.25) is 5.02 Å². The molecule has 0 radical (unpaired) electrons. The van der Waals surface area contributed by atoms with Gasteiger partial charge in [-0.25, -0.2) is 8.42 Å². The molecule has 162 valence electrons. The molecule has 8 nitrogen and oxygen atoms in total. The lowest BCUT2D eigenvalue weighted by Crippen LogP contribution is -2.38. The zero-order valence-electron chi connectivity index (χ0n) is 16.9. The van der Waals surface area contributed by atoms with Crippen LogP contribution in [0.15, 0.2) is 30.3 Å². The van der Waals surface area contributed by atoms with E-state index in [-0.39, 0.29) is 16.3 Å². The second-order valence-corrected chi connectivity index (χ2v) is 9.05. The Hall–Kier alpha value is -2.65. The number of methoxy groups -OCH3 is 3. The smallest absolute Gasteiger partial charge is 0.255 e. The number of ether oxygens (including phenoxy) is 3. The molecule has 1 amide bonds. The van der Waals surface area contributed by atoms with E-state index in [1.165, 1.54) is 43.8 Å². The number of rotatable bonds is 6. The number of carbonyl (C=O) groups is 1. The van der Waals surface area contributed by atoms with Gasteiger partial charge in [-0.2, -0.15) is 0 Å². The molecule has 0 unspecified atom stereocenters. The molecule has 0 bridgehead atoms. The number of hydrogen-bond acceptors (Lipinski definition) is 6. The number of amides is 1. The molecular formula is C20H23ClN2O6S. The molecule has 0 spiro atoms. The Morgan fingerprint density at radius 3 is 2.27 bits per heavy atom. The number of sulfonamides is 1. The number of halogens is 1. The third-order valence-electron chi connectivity index (χ3n) is 4.75. The van der Waals surface area contributed by atoms with E-state index >= 15 is 0 Å². The fraction of sp³-hybridized carbons (Fsp3) is 0.350. The predicted molar refractivity (Wildman–Crippen MR) is 116 cm³/mol. The van der Waals surface area contributed by atoms with Gasteiger partial charge in [0, 0.05) is 29.9 Å². The zero-order valence-corrected chi connectivity index (χ0v) is 18.5. The van der Waals surface area contributed by atoms with E-state index in [0.29, 0.717) is 41.6 Å². The second-order valence-electron chi connectivity index (χ2n) is 6.63. The van der Waals surface area contributed by atoms with Crippen molar-refractivity contribution >= 4 is 38.9 Å². The summed E-state index contributed by atoms with van der Waals surface area (Å²) in [4.78, 5) is 12.8. The van der Waals surface area contributed by atoms with Crippen molar-refractivity contribution < 1.29 is 27.4 Å². The van der Waals surface area contributed by atoms with Gasteiger partial charge in [-0.05, 0) is 31.0 Å². The monoisotopic (exact) mass is 454 g/mol. The molecule has 1 aliphatic heterocycles. The molecule has 1 heterocycles. The molecule has 0 aliphatic carbocycles. The Balaban J connectivity index is 1.91. The molecule has 0 aromatic heterocycles. The minimum atomic E-state index is -3.46. The van der Waals surface area contributed by atoms with Crippen molar-refractivity contribution in [3.63, 3.8) is 0 Å². The molecule has 2 aromatic carbocycles. The normalized spacial score (nSPS) is 15.4. The summed E-state index contributed by atoms with van der Waals surface area (Å²) in [5, 5.41) is 3.03. The summed E-state index contributed by atoms with van der Waals surface area (Å²) in [6, 6.07) is 7.75. The van der Waals surface area contributed by atoms with Crippen LogP contribution in [0.1, 0.15) is 23.2 Å². The van der Waals surface area contributed by atoms with Crippen LogP contribution >= 0.6 is 11.6 Å². The van der Waals surface area contributed by atoms with Crippen LogP contribution in [-0.2, 0) is 10.0 Å². The molecule has 1 saturated heterocycles. The van der Waals surface area contributed by atoms with Gasteiger partial charge in [0.15, 0.2) is 11.5 Å². The van der Waals surface area contributed by atoms with Gasteiger partial charge in [-0.15, -0.1) is 0 Å². The fourth-order valence-electron chi connectivity index (χ4n) is 3.26. The highest BCUT2D eigenvalue weighted by molar-refractivity contribution is 7.92. The average molecular weight is 455 g/mol. The predicted octanol–water partition coefficient (Wildman–Crippen LogP) is 3.55. The van der Waals surface area contributed by atoms with Gasteiger partial charge in [0.1, 0.15) is 0 Å². The topological polar surface area (TPSA) is 94.2 Å². The van der Waals surface area contributed by atoms with Crippen LogP contribution in [-0.4, -0.2) is 48.0 Å². The summed E-state index contributed by atoms with van der Waals surface area (Å²) in [7, 11) is 0.992. The summed E-state index contributed by atoms with van der Waals surface area (Å²) < 4.78 is 42.0. The molecule has 3 rings (SSSR count). The van der Waals surface area contributed by atoms with Crippen LogP contribution in [0.3, 0.4) is 0 Å². The first-order valence-electron chi connectivity index (χ1n) is 9.22. The first-order valence-corrected chi connectivity index (χ1v) is 11.2. The van der Waals surface area contributed by atoms with Crippen molar-refractivity contribution in [2.24, 2.45) is 0 Å². The Bertz CT molecular complexity index is 1030. The van der Waals surface area contributed by atoms with Crippen LogP contribution in [0.25, 0.3) is 0 Å². The van der Waals surface area contributed by atoms with Crippen LogP contribution in [0.4, 0.5) is 11.4 Å². The van der Waals surface area contributed by atoms with Gasteiger partial charge in [0.05, 0.1) is 37.8 Å². The minimum Gasteiger partial charge on any atom is -0.493 e. The lowest BCUT2D eigenvalue weighted by atomic mass is 10.1. The van der Waals surface area contributed by atoms with E-state index in [0.717, 1.165) is 6.42 Å². The van der Waals surface area contributed by atoms with Crippen molar-refractivity contribution in [3.8, 4) is 17.2 Å². The maximum atomic E-state index is 12.8. The summed E-state index contributed by atoms with van der Waals surface area (Å²) in [6.07, 6.45) is 1.34.